The van der Waals surface area contributed by atoms with Crippen molar-refractivity contribution in [2.24, 2.45) is 4.40 Å². The lowest BCUT2D eigenvalue weighted by atomic mass is 10.1. The number of nitrogens with zero attached hydrogens (tertiary/aromatic N) is 2. The van der Waals surface area contributed by atoms with Gasteiger partial charge in [-0.2, -0.15) is 8.42 Å². The van der Waals surface area contributed by atoms with Crippen molar-refractivity contribution in [2.45, 2.75) is 18.7 Å². The molecule has 1 saturated heterocycles. The Balaban J connectivity index is 1.98. The standard InChI is InChI=1S/C21H22N2O5S2/c1-5-23-20(24)19(12-15-8-9-16(27-3)13-18(15)28-4)29-21(23)22-30(25,26)17-10-6-14(2)7-11-17/h6-13H,5H2,1-4H3/b19-12-,22-21+. The minimum absolute atomic E-state index is 0.0824. The third-order valence-corrected chi connectivity index (χ3v) is 6.85. The number of ether oxygens (including phenoxy) is 2. The van der Waals surface area contributed by atoms with E-state index in [9.17, 15) is 13.2 Å². The van der Waals surface area contributed by atoms with Crippen LogP contribution in [0.3, 0.4) is 0 Å². The fraction of sp³-hybridized carbons (Fsp3) is 0.238. The summed E-state index contributed by atoms with van der Waals surface area (Å²) in [7, 11) is -0.857. The second-order valence-electron chi connectivity index (χ2n) is 6.43. The number of aryl methyl sites for hydroxylation is 1. The molecule has 1 fully saturated rings. The maximum absolute atomic E-state index is 12.8. The predicted molar refractivity (Wildman–Crippen MR) is 118 cm³/mol. The third kappa shape index (κ3) is 4.52. The number of hydrogen-bond acceptors (Lipinski definition) is 6. The molecule has 158 valence electrons. The minimum atomic E-state index is -3.94. The molecule has 1 amide bonds. The lowest BCUT2D eigenvalue weighted by Crippen LogP contribution is -2.29. The van der Waals surface area contributed by atoms with E-state index in [0.717, 1.165) is 17.3 Å². The number of rotatable bonds is 6. The summed E-state index contributed by atoms with van der Waals surface area (Å²) in [6.07, 6.45) is 1.66. The molecule has 30 heavy (non-hydrogen) atoms. The van der Waals surface area contributed by atoms with Crippen LogP contribution in [0.4, 0.5) is 0 Å². The molecule has 0 radical (unpaired) electrons. The summed E-state index contributed by atoms with van der Waals surface area (Å²) in [6, 6.07) is 11.7. The molecular weight excluding hydrogens is 424 g/mol. The number of carbonyl (C=O) groups excluding carboxylic acids is 1. The predicted octanol–water partition coefficient (Wildman–Crippen LogP) is 3.69. The van der Waals surface area contributed by atoms with Crippen LogP contribution in [0, 0.1) is 6.92 Å². The second kappa shape index (κ2) is 8.93. The highest BCUT2D eigenvalue weighted by molar-refractivity contribution is 8.19. The van der Waals surface area contributed by atoms with Crippen LogP contribution < -0.4 is 9.47 Å². The van der Waals surface area contributed by atoms with E-state index in [2.05, 4.69) is 4.40 Å². The molecule has 9 heteroatoms. The van der Waals surface area contributed by atoms with Gasteiger partial charge in [0.2, 0.25) is 0 Å². The van der Waals surface area contributed by atoms with E-state index in [1.807, 2.05) is 6.92 Å². The van der Waals surface area contributed by atoms with E-state index < -0.39 is 10.0 Å². The van der Waals surface area contributed by atoms with Crippen molar-refractivity contribution in [3.63, 3.8) is 0 Å². The summed E-state index contributed by atoms with van der Waals surface area (Å²) in [4.78, 5) is 14.6. The highest BCUT2D eigenvalue weighted by Gasteiger charge is 2.34. The molecule has 0 N–H and O–H groups in total. The fourth-order valence-electron chi connectivity index (χ4n) is 2.80. The molecule has 0 unspecified atom stereocenters. The highest BCUT2D eigenvalue weighted by Crippen LogP contribution is 2.36. The lowest BCUT2D eigenvalue weighted by molar-refractivity contribution is -0.122. The number of methoxy groups -OCH3 is 2. The van der Waals surface area contributed by atoms with Gasteiger partial charge >= 0.3 is 0 Å². The molecule has 0 aliphatic carbocycles. The van der Waals surface area contributed by atoms with Crippen LogP contribution in [0.15, 0.2) is 56.7 Å². The van der Waals surface area contributed by atoms with Crippen molar-refractivity contribution in [1.29, 1.82) is 0 Å². The Hall–Kier alpha value is -2.78. The number of hydrogen-bond donors (Lipinski definition) is 0. The summed E-state index contributed by atoms with van der Waals surface area (Å²) >= 11 is 1.02. The van der Waals surface area contributed by atoms with Crippen LogP contribution in [0.5, 0.6) is 11.5 Å². The van der Waals surface area contributed by atoms with E-state index in [0.29, 0.717) is 28.5 Å². The Kier molecular flexibility index (Phi) is 6.52. The summed E-state index contributed by atoms with van der Waals surface area (Å²) < 4.78 is 39.9. The maximum Gasteiger partial charge on any atom is 0.284 e. The number of amides is 1. The average molecular weight is 447 g/mol. The van der Waals surface area contributed by atoms with Gasteiger partial charge in [0.25, 0.3) is 15.9 Å². The van der Waals surface area contributed by atoms with E-state index in [4.69, 9.17) is 9.47 Å². The van der Waals surface area contributed by atoms with Crippen molar-refractivity contribution in [1.82, 2.24) is 4.90 Å². The van der Waals surface area contributed by atoms with Crippen molar-refractivity contribution in [2.75, 3.05) is 20.8 Å². The Morgan fingerprint density at radius 1 is 1.10 bits per heavy atom. The van der Waals surface area contributed by atoms with Gasteiger partial charge < -0.3 is 9.47 Å². The molecule has 0 aromatic heterocycles. The zero-order valence-electron chi connectivity index (χ0n) is 17.1. The number of benzene rings is 2. The molecule has 0 saturated carbocycles. The molecule has 0 bridgehead atoms. The number of sulfonamides is 1. The smallest absolute Gasteiger partial charge is 0.284 e. The van der Waals surface area contributed by atoms with Gasteiger partial charge in [-0.15, -0.1) is 4.40 Å². The largest absolute Gasteiger partial charge is 0.497 e. The zero-order valence-corrected chi connectivity index (χ0v) is 18.7. The molecule has 0 spiro atoms. The first-order valence-corrected chi connectivity index (χ1v) is 11.4. The number of likely N-dealkylation sites (N-methyl/N-ethyl adjacent to an activating group) is 1. The zero-order chi connectivity index (χ0) is 21.9. The van der Waals surface area contributed by atoms with Gasteiger partial charge in [0.15, 0.2) is 5.17 Å². The summed E-state index contributed by atoms with van der Waals surface area (Å²) in [5.41, 5.74) is 1.62. The van der Waals surface area contributed by atoms with E-state index in [-0.39, 0.29) is 16.0 Å². The van der Waals surface area contributed by atoms with E-state index in [1.54, 1.807) is 50.4 Å². The first-order valence-electron chi connectivity index (χ1n) is 9.14. The average Bonchev–Trinajstić information content (AvgIpc) is 3.01. The monoisotopic (exact) mass is 446 g/mol. The summed E-state index contributed by atoms with van der Waals surface area (Å²) in [5, 5.41) is 0.127. The van der Waals surface area contributed by atoms with Crippen molar-refractivity contribution >= 4 is 38.9 Å². The Morgan fingerprint density at radius 3 is 2.40 bits per heavy atom. The van der Waals surface area contributed by atoms with Crippen LogP contribution in [-0.4, -0.2) is 45.2 Å². The van der Waals surface area contributed by atoms with Crippen LogP contribution in [0.25, 0.3) is 6.08 Å². The van der Waals surface area contributed by atoms with Crippen LogP contribution in [0.2, 0.25) is 0 Å². The molecule has 2 aromatic rings. The number of carbonyl (C=O) groups is 1. The van der Waals surface area contributed by atoms with Gasteiger partial charge in [-0.05, 0) is 56.0 Å². The van der Waals surface area contributed by atoms with Gasteiger partial charge in [-0.3, -0.25) is 9.69 Å². The topological polar surface area (TPSA) is 85.3 Å². The number of thioether (sulfide) groups is 1. The van der Waals surface area contributed by atoms with Gasteiger partial charge in [0.1, 0.15) is 11.5 Å². The molecule has 1 aliphatic rings. The van der Waals surface area contributed by atoms with Gasteiger partial charge in [-0.25, -0.2) is 0 Å². The van der Waals surface area contributed by atoms with Crippen LogP contribution >= 0.6 is 11.8 Å². The van der Waals surface area contributed by atoms with Crippen LogP contribution in [-0.2, 0) is 14.8 Å². The second-order valence-corrected chi connectivity index (χ2v) is 9.04. The Labute approximate surface area is 180 Å². The number of amidine groups is 1. The molecule has 0 atom stereocenters. The van der Waals surface area contributed by atoms with Crippen LogP contribution in [0.1, 0.15) is 18.1 Å². The molecular formula is C21H22N2O5S2. The fourth-order valence-corrected chi connectivity index (χ4v) is 5.03. The molecule has 1 heterocycles. The first kappa shape index (κ1) is 21.9. The van der Waals surface area contributed by atoms with Crippen molar-refractivity contribution < 1.29 is 22.7 Å². The van der Waals surface area contributed by atoms with E-state index >= 15 is 0 Å². The molecule has 1 aliphatic heterocycles. The highest BCUT2D eigenvalue weighted by atomic mass is 32.2. The Morgan fingerprint density at radius 2 is 1.80 bits per heavy atom. The molecule has 3 rings (SSSR count). The quantitative estimate of drug-likeness (QED) is 0.629. The van der Waals surface area contributed by atoms with Crippen molar-refractivity contribution in [3.8, 4) is 11.5 Å². The van der Waals surface area contributed by atoms with Gasteiger partial charge in [0, 0.05) is 18.2 Å². The van der Waals surface area contributed by atoms with Crippen molar-refractivity contribution in [3.05, 3.63) is 58.5 Å². The summed E-state index contributed by atoms with van der Waals surface area (Å²) in [6.45, 7) is 3.94. The molecule has 2 aromatic carbocycles. The molecule has 7 nitrogen and oxygen atoms in total. The SMILES string of the molecule is CCN1C(=O)/C(=C/c2ccc(OC)cc2OC)S/C1=N/S(=O)(=O)c1ccc(C)cc1. The normalized spacial score (nSPS) is 17.1. The Bertz CT molecular complexity index is 1120. The van der Waals surface area contributed by atoms with E-state index in [1.165, 1.54) is 24.1 Å². The first-order chi connectivity index (χ1) is 14.3. The maximum atomic E-state index is 12.8. The van der Waals surface area contributed by atoms with Gasteiger partial charge in [0.05, 0.1) is 24.0 Å². The third-order valence-electron chi connectivity index (χ3n) is 4.45. The van der Waals surface area contributed by atoms with Gasteiger partial charge in [-0.1, -0.05) is 17.7 Å². The lowest BCUT2D eigenvalue weighted by Gasteiger charge is -2.12. The summed E-state index contributed by atoms with van der Waals surface area (Å²) in [5.74, 6) is 0.857. The minimum Gasteiger partial charge on any atom is -0.497 e.